The van der Waals surface area contributed by atoms with Crippen molar-refractivity contribution in [2.75, 3.05) is 0 Å². The summed E-state index contributed by atoms with van der Waals surface area (Å²) < 4.78 is 3.87. The summed E-state index contributed by atoms with van der Waals surface area (Å²) in [5, 5.41) is 17.0. The monoisotopic (exact) mass is 269 g/mol. The fourth-order valence-corrected chi connectivity index (χ4v) is 1.40. The van der Waals surface area contributed by atoms with Gasteiger partial charge in [-0.05, 0) is 19.1 Å². The van der Waals surface area contributed by atoms with Crippen molar-refractivity contribution in [3.05, 3.63) is 54.4 Å². The Morgan fingerprint density at radius 1 is 1.10 bits per heavy atom. The molecule has 2 aromatic heterocycles. The smallest absolute Gasteiger partial charge is 0.170 e. The topological polar surface area (TPSA) is 58.2 Å². The van der Waals surface area contributed by atoms with Crippen LogP contribution in [0.1, 0.15) is 6.92 Å². The van der Waals surface area contributed by atoms with Crippen molar-refractivity contribution in [3.63, 3.8) is 0 Å². The van der Waals surface area contributed by atoms with Gasteiger partial charge in [0.15, 0.2) is 18.2 Å². The van der Waals surface area contributed by atoms with Crippen LogP contribution in [-0.4, -0.2) is 10.4 Å². The predicted octanol–water partition coefficient (Wildman–Crippen LogP) is 1.87. The summed E-state index contributed by atoms with van der Waals surface area (Å²) in [4.78, 5) is 0. The van der Waals surface area contributed by atoms with Gasteiger partial charge in [-0.25, -0.2) is 4.57 Å². The molecule has 0 unspecified atom stereocenters. The molecular formula is C14H17N6+. The third-order valence-corrected chi connectivity index (χ3v) is 2.54. The van der Waals surface area contributed by atoms with Crippen molar-refractivity contribution in [2.24, 2.45) is 34.5 Å². The molecule has 0 bridgehead atoms. The zero-order valence-corrected chi connectivity index (χ0v) is 11.8. The van der Waals surface area contributed by atoms with E-state index >= 15 is 0 Å². The minimum Gasteiger partial charge on any atom is -0.357 e. The van der Waals surface area contributed by atoms with Crippen LogP contribution < -0.4 is 9.92 Å². The van der Waals surface area contributed by atoms with Gasteiger partial charge in [-0.2, -0.15) is 0 Å². The number of rotatable bonds is 2. The van der Waals surface area contributed by atoms with E-state index in [1.807, 2.05) is 72.3 Å². The van der Waals surface area contributed by atoms with Crippen molar-refractivity contribution < 1.29 is 4.57 Å². The van der Waals surface area contributed by atoms with E-state index in [1.165, 1.54) is 0 Å². The Morgan fingerprint density at radius 2 is 1.75 bits per heavy atom. The third kappa shape index (κ3) is 4.24. The third-order valence-electron chi connectivity index (χ3n) is 2.54. The second-order valence-corrected chi connectivity index (χ2v) is 4.39. The molecule has 2 heterocycles. The Labute approximate surface area is 117 Å². The summed E-state index contributed by atoms with van der Waals surface area (Å²) in [6, 6.07) is 7.52. The molecule has 0 spiro atoms. The molecule has 6 nitrogen and oxygen atoms in total. The average molecular weight is 269 g/mol. The van der Waals surface area contributed by atoms with E-state index < -0.39 is 0 Å². The van der Waals surface area contributed by atoms with Gasteiger partial charge in [0.1, 0.15) is 7.05 Å². The zero-order chi connectivity index (χ0) is 14.4. The Kier molecular flexibility index (Phi) is 4.49. The first-order valence-electron chi connectivity index (χ1n) is 6.21. The second kappa shape index (κ2) is 6.51. The molecular weight excluding hydrogens is 252 g/mol. The van der Waals surface area contributed by atoms with E-state index in [0.717, 1.165) is 11.0 Å². The van der Waals surface area contributed by atoms with Crippen LogP contribution in [0.2, 0.25) is 0 Å². The van der Waals surface area contributed by atoms with Crippen molar-refractivity contribution in [3.8, 4) is 0 Å². The molecule has 0 aromatic carbocycles. The minimum atomic E-state index is 0.506. The second-order valence-electron chi connectivity index (χ2n) is 4.39. The Bertz CT molecular complexity index is 674. The number of nitrogens with zero attached hydrogens (tertiary/aromatic N) is 6. The highest BCUT2D eigenvalue weighted by molar-refractivity contribution is 5.79. The largest absolute Gasteiger partial charge is 0.357 e. The zero-order valence-electron chi connectivity index (χ0n) is 11.8. The standard InChI is InChI=1S/C14H17N6/c1-12(15-17-13-4-8-19(2)9-5-13)16-18-14-6-10-20(3)11-7-14/h4-11H,1-3H3/q+1. The number of amidine groups is 1. The van der Waals surface area contributed by atoms with Gasteiger partial charge in [-0.15, -0.1) is 20.4 Å². The summed E-state index contributed by atoms with van der Waals surface area (Å²) in [5.74, 6) is 0.506. The van der Waals surface area contributed by atoms with E-state index in [-0.39, 0.29) is 0 Å². The van der Waals surface area contributed by atoms with Crippen LogP contribution >= 0.6 is 0 Å². The van der Waals surface area contributed by atoms with Gasteiger partial charge in [0.05, 0.1) is 11.0 Å². The van der Waals surface area contributed by atoms with Gasteiger partial charge in [0.25, 0.3) is 0 Å². The molecule has 0 aliphatic heterocycles. The number of hydrogen-bond acceptors (Lipinski definition) is 3. The molecule has 102 valence electrons. The van der Waals surface area contributed by atoms with Crippen LogP contribution in [-0.2, 0) is 14.1 Å². The first-order chi connectivity index (χ1) is 9.63. The van der Waals surface area contributed by atoms with Crippen LogP contribution in [0, 0.1) is 0 Å². The molecule has 20 heavy (non-hydrogen) atoms. The number of aryl methyl sites for hydroxylation is 2. The molecule has 2 aromatic rings. The summed E-state index contributed by atoms with van der Waals surface area (Å²) in [5.41, 5.74) is 0.782. The van der Waals surface area contributed by atoms with Gasteiger partial charge in [0, 0.05) is 31.6 Å². The molecule has 0 saturated carbocycles. The van der Waals surface area contributed by atoms with E-state index in [1.54, 1.807) is 6.92 Å². The Balaban J connectivity index is 2.09. The fraction of sp³-hybridized carbons (Fsp3) is 0.214. The average Bonchev–Trinajstić information content (AvgIpc) is 2.46. The highest BCUT2D eigenvalue weighted by atomic mass is 15.3. The lowest BCUT2D eigenvalue weighted by Crippen LogP contribution is -2.25. The molecule has 0 aliphatic rings. The van der Waals surface area contributed by atoms with Gasteiger partial charge >= 0.3 is 0 Å². The normalized spacial score (nSPS) is 11.8. The lowest BCUT2D eigenvalue weighted by molar-refractivity contribution is -0.671. The molecule has 0 aliphatic carbocycles. The first-order valence-corrected chi connectivity index (χ1v) is 6.21. The van der Waals surface area contributed by atoms with Gasteiger partial charge in [0.2, 0.25) is 0 Å². The predicted molar refractivity (Wildman–Crippen MR) is 76.2 cm³/mol. The summed E-state index contributed by atoms with van der Waals surface area (Å²) >= 11 is 0. The van der Waals surface area contributed by atoms with Crippen LogP contribution in [0.3, 0.4) is 0 Å². The van der Waals surface area contributed by atoms with Crippen molar-refractivity contribution >= 4 is 11.5 Å². The van der Waals surface area contributed by atoms with Crippen molar-refractivity contribution in [1.29, 1.82) is 0 Å². The van der Waals surface area contributed by atoms with Crippen LogP contribution in [0.5, 0.6) is 0 Å². The van der Waals surface area contributed by atoms with E-state index in [9.17, 15) is 0 Å². The van der Waals surface area contributed by atoms with Crippen LogP contribution in [0.4, 0.5) is 5.69 Å². The fourth-order valence-electron chi connectivity index (χ4n) is 1.40. The molecule has 0 atom stereocenters. The summed E-state index contributed by atoms with van der Waals surface area (Å²) in [7, 11) is 3.90. The number of aromatic nitrogens is 2. The van der Waals surface area contributed by atoms with E-state index in [2.05, 4.69) is 20.4 Å². The highest BCUT2D eigenvalue weighted by Crippen LogP contribution is 2.08. The lowest BCUT2D eigenvalue weighted by Gasteiger charge is -1.93. The molecule has 0 saturated heterocycles. The Morgan fingerprint density at radius 3 is 2.40 bits per heavy atom. The highest BCUT2D eigenvalue weighted by Gasteiger charge is 1.93. The van der Waals surface area contributed by atoms with E-state index in [4.69, 9.17) is 0 Å². The number of pyridine rings is 2. The Hall–Kier alpha value is -2.63. The van der Waals surface area contributed by atoms with Gasteiger partial charge in [-0.3, -0.25) is 0 Å². The molecule has 0 radical (unpaired) electrons. The van der Waals surface area contributed by atoms with Crippen LogP contribution in [0.15, 0.2) is 69.5 Å². The maximum Gasteiger partial charge on any atom is 0.170 e. The molecule has 0 amide bonds. The van der Waals surface area contributed by atoms with Gasteiger partial charge < -0.3 is 4.57 Å². The summed E-state index contributed by atoms with van der Waals surface area (Å²) in [6.07, 6.45) is 7.65. The molecule has 0 N–H and O–H groups in total. The number of azo groups is 1. The van der Waals surface area contributed by atoms with Crippen LogP contribution in [0.25, 0.3) is 0 Å². The van der Waals surface area contributed by atoms with Gasteiger partial charge in [-0.1, -0.05) is 0 Å². The maximum atomic E-state index is 4.09. The van der Waals surface area contributed by atoms with E-state index in [0.29, 0.717) is 5.84 Å². The van der Waals surface area contributed by atoms with Crippen molar-refractivity contribution in [2.45, 2.75) is 6.92 Å². The summed E-state index contributed by atoms with van der Waals surface area (Å²) in [6.45, 7) is 1.76. The van der Waals surface area contributed by atoms with Crippen molar-refractivity contribution in [1.82, 2.24) is 4.57 Å². The molecule has 2 rings (SSSR count). The first kappa shape index (κ1) is 13.8. The molecule has 0 fully saturated rings. The molecule has 6 heteroatoms. The number of hydrogen-bond donors (Lipinski definition) is 0. The SMILES string of the molecule is CC(/N=N/c1cc[n+](C)cc1)=N\N=c1ccn(C)cc1. The maximum absolute atomic E-state index is 4.09. The quantitative estimate of drug-likeness (QED) is 0.263. The minimum absolute atomic E-state index is 0.506. The lowest BCUT2D eigenvalue weighted by atomic mass is 10.4.